The summed E-state index contributed by atoms with van der Waals surface area (Å²) >= 11 is 0. The predicted octanol–water partition coefficient (Wildman–Crippen LogP) is 3.13. The van der Waals surface area contributed by atoms with Crippen LogP contribution in [-0.4, -0.2) is 25.2 Å². The molecule has 100 valence electrons. The minimum atomic E-state index is 0.583. The molecule has 0 radical (unpaired) electrons. The highest BCUT2D eigenvalue weighted by atomic mass is 15.2. The van der Waals surface area contributed by atoms with Crippen molar-refractivity contribution in [2.45, 2.75) is 52.6 Å². The van der Waals surface area contributed by atoms with E-state index in [-0.39, 0.29) is 0 Å². The van der Waals surface area contributed by atoms with Crippen LogP contribution in [0.25, 0.3) is 0 Å². The zero-order chi connectivity index (χ0) is 13.1. The van der Waals surface area contributed by atoms with Crippen LogP contribution in [0.4, 0.5) is 5.69 Å². The molecule has 1 heterocycles. The fourth-order valence-corrected chi connectivity index (χ4v) is 2.82. The average molecular weight is 246 g/mol. The number of rotatable bonds is 3. The lowest BCUT2D eigenvalue weighted by Crippen LogP contribution is -2.55. The number of anilines is 1. The van der Waals surface area contributed by atoms with Crippen molar-refractivity contribution in [2.75, 3.05) is 18.0 Å². The molecule has 1 N–H and O–H groups in total. The van der Waals surface area contributed by atoms with Crippen molar-refractivity contribution >= 4 is 5.69 Å². The lowest BCUT2D eigenvalue weighted by atomic mass is 10.0. The first-order valence-corrected chi connectivity index (χ1v) is 7.25. The third-order valence-corrected chi connectivity index (χ3v) is 4.18. The summed E-state index contributed by atoms with van der Waals surface area (Å²) in [5, 5.41) is 3.61. The van der Waals surface area contributed by atoms with Crippen LogP contribution in [0.15, 0.2) is 18.2 Å². The van der Waals surface area contributed by atoms with Gasteiger partial charge in [0.15, 0.2) is 0 Å². The molecule has 2 atom stereocenters. The molecule has 0 saturated carbocycles. The molecule has 2 heteroatoms. The molecule has 0 bridgehead atoms. The number of hydrogen-bond donors (Lipinski definition) is 1. The Labute approximate surface area is 111 Å². The second kappa shape index (κ2) is 5.75. The highest BCUT2D eigenvalue weighted by Gasteiger charge is 2.24. The van der Waals surface area contributed by atoms with Gasteiger partial charge in [-0.2, -0.15) is 0 Å². The van der Waals surface area contributed by atoms with Crippen LogP contribution in [0.1, 0.15) is 38.3 Å². The van der Waals surface area contributed by atoms with Crippen molar-refractivity contribution < 1.29 is 0 Å². The Kier molecular flexibility index (Phi) is 4.28. The van der Waals surface area contributed by atoms with E-state index in [4.69, 9.17) is 0 Å². The zero-order valence-electron chi connectivity index (χ0n) is 12.2. The molecule has 0 amide bonds. The smallest absolute Gasteiger partial charge is 0.0387 e. The van der Waals surface area contributed by atoms with Crippen LogP contribution in [0.5, 0.6) is 0 Å². The molecule has 18 heavy (non-hydrogen) atoms. The number of nitrogens with zero attached hydrogens (tertiary/aromatic N) is 1. The highest BCUT2D eigenvalue weighted by Crippen LogP contribution is 2.23. The Morgan fingerprint density at radius 1 is 1.33 bits per heavy atom. The van der Waals surface area contributed by atoms with E-state index in [0.717, 1.165) is 19.5 Å². The predicted molar refractivity (Wildman–Crippen MR) is 79.4 cm³/mol. The van der Waals surface area contributed by atoms with E-state index in [9.17, 15) is 0 Å². The van der Waals surface area contributed by atoms with Crippen molar-refractivity contribution in [1.29, 1.82) is 0 Å². The summed E-state index contributed by atoms with van der Waals surface area (Å²) < 4.78 is 0. The highest BCUT2D eigenvalue weighted by molar-refractivity contribution is 5.52. The summed E-state index contributed by atoms with van der Waals surface area (Å²) in [5.74, 6) is 0. The largest absolute Gasteiger partial charge is 0.366 e. The molecular formula is C16H26N2. The standard InChI is InChI=1S/C16H26N2/c1-5-14-7-8-16(9-12(14)3)18-11-15(6-2)17-10-13(18)4/h7-9,13,15,17H,5-6,10-11H2,1-4H3. The fourth-order valence-electron chi connectivity index (χ4n) is 2.82. The van der Waals surface area contributed by atoms with E-state index < -0.39 is 0 Å². The van der Waals surface area contributed by atoms with Gasteiger partial charge in [-0.05, 0) is 49.9 Å². The lowest BCUT2D eigenvalue weighted by Gasteiger charge is -2.40. The minimum absolute atomic E-state index is 0.583. The van der Waals surface area contributed by atoms with Gasteiger partial charge < -0.3 is 10.2 Å². The fraction of sp³-hybridized carbons (Fsp3) is 0.625. The molecule has 1 aromatic carbocycles. The first-order valence-electron chi connectivity index (χ1n) is 7.25. The molecular weight excluding hydrogens is 220 g/mol. The first-order chi connectivity index (χ1) is 8.65. The molecule has 0 aliphatic carbocycles. The molecule has 1 aliphatic heterocycles. The van der Waals surface area contributed by atoms with Gasteiger partial charge in [0.25, 0.3) is 0 Å². The summed E-state index contributed by atoms with van der Waals surface area (Å²) in [6.45, 7) is 11.2. The van der Waals surface area contributed by atoms with E-state index in [1.165, 1.54) is 23.2 Å². The van der Waals surface area contributed by atoms with Crippen molar-refractivity contribution in [3.63, 3.8) is 0 Å². The lowest BCUT2D eigenvalue weighted by molar-refractivity contribution is 0.397. The molecule has 0 spiro atoms. The third kappa shape index (κ3) is 2.69. The van der Waals surface area contributed by atoms with Gasteiger partial charge in [-0.25, -0.2) is 0 Å². The molecule has 2 unspecified atom stereocenters. The number of aryl methyl sites for hydroxylation is 2. The summed E-state index contributed by atoms with van der Waals surface area (Å²) in [6.07, 6.45) is 2.33. The van der Waals surface area contributed by atoms with Gasteiger partial charge in [0.1, 0.15) is 0 Å². The molecule has 2 nitrogen and oxygen atoms in total. The van der Waals surface area contributed by atoms with E-state index in [2.05, 4.69) is 56.1 Å². The van der Waals surface area contributed by atoms with Crippen molar-refractivity contribution in [1.82, 2.24) is 5.32 Å². The van der Waals surface area contributed by atoms with Gasteiger partial charge in [-0.3, -0.25) is 0 Å². The van der Waals surface area contributed by atoms with Gasteiger partial charge in [-0.1, -0.05) is 19.9 Å². The van der Waals surface area contributed by atoms with Crippen LogP contribution in [-0.2, 0) is 6.42 Å². The summed E-state index contributed by atoms with van der Waals surface area (Å²) in [4.78, 5) is 2.55. The zero-order valence-corrected chi connectivity index (χ0v) is 12.2. The van der Waals surface area contributed by atoms with Gasteiger partial charge in [-0.15, -0.1) is 0 Å². The monoisotopic (exact) mass is 246 g/mol. The van der Waals surface area contributed by atoms with Crippen molar-refractivity contribution in [3.05, 3.63) is 29.3 Å². The quantitative estimate of drug-likeness (QED) is 0.881. The second-order valence-corrected chi connectivity index (χ2v) is 5.48. The Balaban J connectivity index is 2.21. The molecule has 0 aromatic heterocycles. The SMILES string of the molecule is CCc1ccc(N2CC(CC)NCC2C)cc1C. The third-order valence-electron chi connectivity index (χ3n) is 4.18. The summed E-state index contributed by atoms with van der Waals surface area (Å²) in [6, 6.07) is 8.15. The van der Waals surface area contributed by atoms with Gasteiger partial charge in [0.05, 0.1) is 0 Å². The number of piperazine rings is 1. The second-order valence-electron chi connectivity index (χ2n) is 5.48. The Morgan fingerprint density at radius 3 is 2.72 bits per heavy atom. The van der Waals surface area contributed by atoms with Crippen LogP contribution >= 0.6 is 0 Å². The minimum Gasteiger partial charge on any atom is -0.366 e. The van der Waals surface area contributed by atoms with E-state index in [0.29, 0.717) is 12.1 Å². The molecule has 2 rings (SSSR count). The Bertz CT molecular complexity index is 400. The Morgan fingerprint density at radius 2 is 2.11 bits per heavy atom. The molecule has 1 aliphatic rings. The number of nitrogens with one attached hydrogen (secondary N) is 1. The van der Waals surface area contributed by atoms with Crippen LogP contribution in [0, 0.1) is 6.92 Å². The Hall–Kier alpha value is -1.02. The van der Waals surface area contributed by atoms with Crippen LogP contribution in [0.2, 0.25) is 0 Å². The van der Waals surface area contributed by atoms with E-state index in [1.807, 2.05) is 0 Å². The van der Waals surface area contributed by atoms with Crippen molar-refractivity contribution in [2.24, 2.45) is 0 Å². The molecule has 1 saturated heterocycles. The average Bonchev–Trinajstić information content (AvgIpc) is 2.39. The molecule has 1 aromatic rings. The van der Waals surface area contributed by atoms with Crippen LogP contribution < -0.4 is 10.2 Å². The van der Waals surface area contributed by atoms with Gasteiger partial charge >= 0.3 is 0 Å². The normalized spacial score (nSPS) is 24.3. The van der Waals surface area contributed by atoms with Crippen LogP contribution in [0.3, 0.4) is 0 Å². The van der Waals surface area contributed by atoms with Crippen molar-refractivity contribution in [3.8, 4) is 0 Å². The maximum Gasteiger partial charge on any atom is 0.0387 e. The molecule has 1 fully saturated rings. The number of hydrogen-bond acceptors (Lipinski definition) is 2. The first kappa shape index (κ1) is 13.4. The summed E-state index contributed by atoms with van der Waals surface area (Å²) in [5.41, 5.74) is 4.28. The van der Waals surface area contributed by atoms with Gasteiger partial charge in [0, 0.05) is 30.9 Å². The topological polar surface area (TPSA) is 15.3 Å². The van der Waals surface area contributed by atoms with Gasteiger partial charge in [0.2, 0.25) is 0 Å². The van der Waals surface area contributed by atoms with E-state index >= 15 is 0 Å². The maximum atomic E-state index is 3.61. The maximum absolute atomic E-state index is 3.61. The van der Waals surface area contributed by atoms with E-state index in [1.54, 1.807) is 0 Å². The number of benzene rings is 1. The summed E-state index contributed by atoms with van der Waals surface area (Å²) in [7, 11) is 0.